The summed E-state index contributed by atoms with van der Waals surface area (Å²) in [5, 5.41) is 2.98. The highest BCUT2D eigenvalue weighted by molar-refractivity contribution is 5.96. The molecule has 3 aromatic rings. The monoisotopic (exact) mass is 470 g/mol. The van der Waals surface area contributed by atoms with Gasteiger partial charge in [-0.05, 0) is 66.4 Å². The summed E-state index contributed by atoms with van der Waals surface area (Å²) in [7, 11) is 1.88. The molecular weight excluding hydrogens is 440 g/mol. The average molecular weight is 471 g/mol. The van der Waals surface area contributed by atoms with Crippen molar-refractivity contribution in [2.24, 2.45) is 0 Å². The highest BCUT2D eigenvalue weighted by atomic mass is 16.5. The Morgan fingerprint density at radius 3 is 2.89 bits per heavy atom. The number of pyridine rings is 1. The molecule has 0 bridgehead atoms. The third kappa shape index (κ3) is 4.64. The number of rotatable bonds is 6. The van der Waals surface area contributed by atoms with Crippen LogP contribution in [0.5, 0.6) is 5.75 Å². The summed E-state index contributed by atoms with van der Waals surface area (Å²) in [5.41, 5.74) is 5.13. The minimum atomic E-state index is -0.160. The van der Waals surface area contributed by atoms with E-state index in [1.165, 1.54) is 0 Å². The number of ether oxygens (including phenoxy) is 1. The van der Waals surface area contributed by atoms with Gasteiger partial charge in [0, 0.05) is 43.0 Å². The summed E-state index contributed by atoms with van der Waals surface area (Å²) in [5.74, 6) is 0.605. The van der Waals surface area contributed by atoms with E-state index in [2.05, 4.69) is 22.1 Å². The van der Waals surface area contributed by atoms with Gasteiger partial charge in [-0.25, -0.2) is 0 Å². The zero-order valence-corrected chi connectivity index (χ0v) is 20.2. The number of likely N-dealkylation sites (tertiary alicyclic amines) is 1. The summed E-state index contributed by atoms with van der Waals surface area (Å²) < 4.78 is 5.79. The number of fused-ring (bicyclic) bond motifs is 3. The third-order valence-electron chi connectivity index (χ3n) is 6.96. The highest BCUT2D eigenvalue weighted by Gasteiger charge is 2.30. The minimum absolute atomic E-state index is 0.00805. The smallest absolute Gasteiger partial charge is 0.254 e. The van der Waals surface area contributed by atoms with Crippen molar-refractivity contribution in [3.8, 4) is 16.9 Å². The zero-order valence-electron chi connectivity index (χ0n) is 20.2. The molecule has 0 aliphatic carbocycles. The second kappa shape index (κ2) is 9.88. The summed E-state index contributed by atoms with van der Waals surface area (Å²) in [6.07, 6.45) is 5.71. The van der Waals surface area contributed by atoms with Crippen LogP contribution in [-0.2, 0) is 13.2 Å². The maximum Gasteiger partial charge on any atom is 0.254 e. The van der Waals surface area contributed by atoms with E-state index in [1.54, 1.807) is 12.4 Å². The SMILES string of the molecule is CCN1CCC[C@@H]1N(C)C(=O)c1cccc(CNC(=O)c2ccc3c(c2)COc2cnccc2-3)c1. The molecule has 1 atom stereocenters. The first-order chi connectivity index (χ1) is 17.0. The van der Waals surface area contributed by atoms with Crippen LogP contribution in [0, 0.1) is 0 Å². The van der Waals surface area contributed by atoms with Crippen molar-refractivity contribution in [1.29, 1.82) is 0 Å². The van der Waals surface area contributed by atoms with Crippen molar-refractivity contribution >= 4 is 11.8 Å². The van der Waals surface area contributed by atoms with Gasteiger partial charge < -0.3 is 15.0 Å². The molecule has 5 rings (SSSR count). The number of benzene rings is 2. The topological polar surface area (TPSA) is 74.8 Å². The van der Waals surface area contributed by atoms with Gasteiger partial charge in [0.25, 0.3) is 11.8 Å². The predicted octanol–water partition coefficient (Wildman–Crippen LogP) is 4.08. The Kier molecular flexibility index (Phi) is 6.51. The van der Waals surface area contributed by atoms with Gasteiger partial charge in [0.2, 0.25) is 0 Å². The van der Waals surface area contributed by atoms with E-state index in [0.29, 0.717) is 24.3 Å². The van der Waals surface area contributed by atoms with Crippen molar-refractivity contribution in [2.75, 3.05) is 20.1 Å². The molecule has 7 heteroatoms. The molecule has 2 aliphatic heterocycles. The fraction of sp³-hybridized carbons (Fsp3) is 0.321. The fourth-order valence-electron chi connectivity index (χ4n) is 5.04. The number of carbonyl (C=O) groups is 2. The van der Waals surface area contributed by atoms with Crippen LogP contribution in [0.15, 0.2) is 60.9 Å². The molecule has 1 saturated heterocycles. The van der Waals surface area contributed by atoms with Crippen LogP contribution < -0.4 is 10.1 Å². The lowest BCUT2D eigenvalue weighted by Crippen LogP contribution is -2.45. The second-order valence-electron chi connectivity index (χ2n) is 9.08. The van der Waals surface area contributed by atoms with Gasteiger partial charge >= 0.3 is 0 Å². The molecule has 2 aromatic carbocycles. The van der Waals surface area contributed by atoms with E-state index in [0.717, 1.165) is 53.9 Å². The molecule has 2 amide bonds. The Bertz CT molecular complexity index is 1260. The van der Waals surface area contributed by atoms with Gasteiger partial charge in [0.05, 0.1) is 12.4 Å². The molecule has 180 valence electrons. The number of hydrogen-bond acceptors (Lipinski definition) is 5. The van der Waals surface area contributed by atoms with Gasteiger partial charge in [-0.2, -0.15) is 0 Å². The van der Waals surface area contributed by atoms with Crippen LogP contribution >= 0.6 is 0 Å². The number of nitrogens with one attached hydrogen (secondary N) is 1. The molecule has 0 radical (unpaired) electrons. The molecule has 3 heterocycles. The maximum absolute atomic E-state index is 13.1. The normalized spacial score (nSPS) is 16.7. The standard InChI is InChI=1S/C28H30N4O3/c1-3-32-13-5-8-26(32)31(2)28(34)21-7-4-6-19(14-21)16-30-27(33)20-9-10-23-22(15-20)18-35-25-17-29-12-11-24(23)25/h4,6-7,9-12,14-15,17,26H,3,5,8,13,16,18H2,1-2H3,(H,30,33)/t26-/m1/s1. The molecule has 2 aliphatic rings. The molecular formula is C28H30N4O3. The minimum Gasteiger partial charge on any atom is -0.487 e. The van der Waals surface area contributed by atoms with E-state index in [4.69, 9.17) is 4.74 Å². The van der Waals surface area contributed by atoms with Crippen LogP contribution in [0.2, 0.25) is 0 Å². The first kappa shape index (κ1) is 23.1. The second-order valence-corrected chi connectivity index (χ2v) is 9.08. The Balaban J connectivity index is 1.25. The average Bonchev–Trinajstić information content (AvgIpc) is 3.39. The highest BCUT2D eigenvalue weighted by Crippen LogP contribution is 2.36. The van der Waals surface area contributed by atoms with Gasteiger partial charge in [0.15, 0.2) is 0 Å². The predicted molar refractivity (Wildman–Crippen MR) is 134 cm³/mol. The van der Waals surface area contributed by atoms with Crippen LogP contribution in [0.25, 0.3) is 11.1 Å². The Hall–Kier alpha value is -3.71. The number of carbonyl (C=O) groups excluding carboxylic acids is 2. The number of amides is 2. The molecule has 0 unspecified atom stereocenters. The summed E-state index contributed by atoms with van der Waals surface area (Å²) in [4.78, 5) is 34.3. The van der Waals surface area contributed by atoms with Crippen molar-refractivity contribution in [1.82, 2.24) is 20.1 Å². The fourth-order valence-corrected chi connectivity index (χ4v) is 5.04. The third-order valence-corrected chi connectivity index (χ3v) is 6.96. The molecule has 7 nitrogen and oxygen atoms in total. The van der Waals surface area contributed by atoms with Crippen molar-refractivity contribution in [3.63, 3.8) is 0 Å². The summed E-state index contributed by atoms with van der Waals surface area (Å²) in [6.45, 7) is 4.85. The zero-order chi connectivity index (χ0) is 24.4. The Morgan fingerprint density at radius 2 is 2.03 bits per heavy atom. The van der Waals surface area contributed by atoms with E-state index in [9.17, 15) is 9.59 Å². The van der Waals surface area contributed by atoms with E-state index in [-0.39, 0.29) is 18.0 Å². The Morgan fingerprint density at radius 1 is 1.14 bits per heavy atom. The Labute approximate surface area is 205 Å². The summed E-state index contributed by atoms with van der Waals surface area (Å²) >= 11 is 0. The van der Waals surface area contributed by atoms with Crippen molar-refractivity contribution in [3.05, 3.63) is 83.2 Å². The van der Waals surface area contributed by atoms with Crippen LogP contribution in [-0.4, -0.2) is 52.9 Å². The first-order valence-electron chi connectivity index (χ1n) is 12.1. The van der Waals surface area contributed by atoms with Crippen LogP contribution in [0.1, 0.15) is 51.6 Å². The lowest BCUT2D eigenvalue weighted by atomic mass is 9.96. The van der Waals surface area contributed by atoms with E-state index >= 15 is 0 Å². The summed E-state index contributed by atoms with van der Waals surface area (Å²) in [6, 6.07) is 15.1. The lowest BCUT2D eigenvalue weighted by molar-refractivity contribution is 0.0547. The molecule has 0 spiro atoms. The van der Waals surface area contributed by atoms with E-state index in [1.807, 2.05) is 60.5 Å². The molecule has 1 N–H and O–H groups in total. The first-order valence-corrected chi connectivity index (χ1v) is 12.1. The van der Waals surface area contributed by atoms with Crippen molar-refractivity contribution in [2.45, 2.75) is 39.1 Å². The van der Waals surface area contributed by atoms with Crippen molar-refractivity contribution < 1.29 is 14.3 Å². The van der Waals surface area contributed by atoms with E-state index < -0.39 is 0 Å². The molecule has 1 aromatic heterocycles. The maximum atomic E-state index is 13.1. The number of aromatic nitrogens is 1. The number of hydrogen-bond donors (Lipinski definition) is 1. The van der Waals surface area contributed by atoms with Crippen LogP contribution in [0.3, 0.4) is 0 Å². The van der Waals surface area contributed by atoms with Crippen LogP contribution in [0.4, 0.5) is 0 Å². The van der Waals surface area contributed by atoms with Gasteiger partial charge in [-0.1, -0.05) is 25.1 Å². The van der Waals surface area contributed by atoms with Gasteiger partial charge in [-0.3, -0.25) is 19.5 Å². The quantitative estimate of drug-likeness (QED) is 0.588. The molecule has 0 saturated carbocycles. The van der Waals surface area contributed by atoms with Gasteiger partial charge in [-0.15, -0.1) is 0 Å². The van der Waals surface area contributed by atoms with Gasteiger partial charge in [0.1, 0.15) is 12.4 Å². The largest absolute Gasteiger partial charge is 0.487 e. The lowest BCUT2D eigenvalue weighted by Gasteiger charge is -2.32. The molecule has 1 fully saturated rings. The molecule has 35 heavy (non-hydrogen) atoms. The number of nitrogens with zero attached hydrogens (tertiary/aromatic N) is 3.